The molecule has 1 rings (SSSR count). The molecule has 0 heterocycles. The summed E-state index contributed by atoms with van der Waals surface area (Å²) in [4.78, 5) is 11.9. The second kappa shape index (κ2) is 9.72. The van der Waals surface area contributed by atoms with Gasteiger partial charge in [0, 0.05) is 18.5 Å². The summed E-state index contributed by atoms with van der Waals surface area (Å²) in [5.41, 5.74) is 0.849. The van der Waals surface area contributed by atoms with Crippen LogP contribution < -0.4 is 10.6 Å². The Kier molecular flexibility index (Phi) is 9.17. The van der Waals surface area contributed by atoms with Crippen molar-refractivity contribution in [1.82, 2.24) is 10.6 Å². The number of hydrogen-bond donors (Lipinski definition) is 2. The van der Waals surface area contributed by atoms with E-state index in [4.69, 9.17) is 0 Å². The lowest BCUT2D eigenvalue weighted by Gasteiger charge is -2.16. The Labute approximate surface area is 126 Å². The molecule has 0 aliphatic carbocycles. The van der Waals surface area contributed by atoms with E-state index in [1.54, 1.807) is 6.07 Å². The fourth-order valence-corrected chi connectivity index (χ4v) is 1.96. The highest BCUT2D eigenvalue weighted by molar-refractivity contribution is 5.85. The zero-order chi connectivity index (χ0) is 14.3. The first-order valence-corrected chi connectivity index (χ1v) is 6.78. The molecule has 2 N–H and O–H groups in total. The molecule has 114 valence electrons. The summed E-state index contributed by atoms with van der Waals surface area (Å²) in [7, 11) is 0. The SMILES string of the molecule is CCN[C@H](C)CNC(=O)C(C)Cc1cccc(F)c1.Cl. The summed E-state index contributed by atoms with van der Waals surface area (Å²) in [5.74, 6) is -0.407. The molecule has 3 nitrogen and oxygen atoms in total. The summed E-state index contributed by atoms with van der Waals surface area (Å²) in [5, 5.41) is 6.14. The topological polar surface area (TPSA) is 41.1 Å². The van der Waals surface area contributed by atoms with Crippen LogP contribution in [0.4, 0.5) is 4.39 Å². The Balaban J connectivity index is 0.00000361. The number of likely N-dealkylation sites (N-methyl/N-ethyl adjacent to an activating group) is 1. The molecule has 0 aromatic heterocycles. The van der Waals surface area contributed by atoms with Gasteiger partial charge in [-0.3, -0.25) is 4.79 Å². The molecule has 1 unspecified atom stereocenters. The van der Waals surface area contributed by atoms with Crippen LogP contribution in [-0.2, 0) is 11.2 Å². The number of rotatable bonds is 7. The average Bonchev–Trinajstić information content (AvgIpc) is 2.36. The fourth-order valence-electron chi connectivity index (χ4n) is 1.96. The maximum Gasteiger partial charge on any atom is 0.223 e. The average molecular weight is 303 g/mol. The van der Waals surface area contributed by atoms with Gasteiger partial charge in [0.2, 0.25) is 5.91 Å². The van der Waals surface area contributed by atoms with Crippen LogP contribution in [0.25, 0.3) is 0 Å². The molecule has 0 bridgehead atoms. The first-order valence-electron chi connectivity index (χ1n) is 6.78. The number of halogens is 2. The summed E-state index contributed by atoms with van der Waals surface area (Å²) in [6, 6.07) is 6.66. The Bertz CT molecular complexity index is 415. The molecule has 1 amide bonds. The van der Waals surface area contributed by atoms with Crippen LogP contribution in [0.3, 0.4) is 0 Å². The Morgan fingerprint density at radius 3 is 2.65 bits per heavy atom. The zero-order valence-corrected chi connectivity index (χ0v) is 13.1. The number of carbonyl (C=O) groups is 1. The van der Waals surface area contributed by atoms with E-state index in [0.717, 1.165) is 12.1 Å². The van der Waals surface area contributed by atoms with E-state index in [1.165, 1.54) is 12.1 Å². The number of amides is 1. The quantitative estimate of drug-likeness (QED) is 0.813. The first kappa shape index (κ1) is 18.9. The molecule has 0 aliphatic heterocycles. The molecule has 5 heteroatoms. The lowest BCUT2D eigenvalue weighted by molar-refractivity contribution is -0.124. The molecule has 0 radical (unpaired) electrons. The maximum absolute atomic E-state index is 13.0. The second-order valence-electron chi connectivity index (χ2n) is 4.94. The molecule has 0 aliphatic rings. The van der Waals surface area contributed by atoms with Gasteiger partial charge in [-0.15, -0.1) is 12.4 Å². The minimum atomic E-state index is -0.258. The normalized spacial score (nSPS) is 13.2. The van der Waals surface area contributed by atoms with Gasteiger partial charge >= 0.3 is 0 Å². The van der Waals surface area contributed by atoms with Crippen molar-refractivity contribution in [1.29, 1.82) is 0 Å². The molecule has 0 saturated heterocycles. The van der Waals surface area contributed by atoms with Gasteiger partial charge < -0.3 is 10.6 Å². The lowest BCUT2D eigenvalue weighted by atomic mass is 10.0. The van der Waals surface area contributed by atoms with Gasteiger partial charge in [0.15, 0.2) is 0 Å². The molecule has 0 fully saturated rings. The van der Waals surface area contributed by atoms with Gasteiger partial charge in [0.1, 0.15) is 5.82 Å². The van der Waals surface area contributed by atoms with Crippen LogP contribution in [0.5, 0.6) is 0 Å². The number of carbonyl (C=O) groups excluding carboxylic acids is 1. The van der Waals surface area contributed by atoms with Gasteiger partial charge in [0.25, 0.3) is 0 Å². The largest absolute Gasteiger partial charge is 0.354 e. The highest BCUT2D eigenvalue weighted by Crippen LogP contribution is 2.10. The summed E-state index contributed by atoms with van der Waals surface area (Å²) < 4.78 is 13.0. The monoisotopic (exact) mass is 302 g/mol. The van der Waals surface area contributed by atoms with E-state index in [0.29, 0.717) is 13.0 Å². The summed E-state index contributed by atoms with van der Waals surface area (Å²) in [6.07, 6.45) is 0.555. The smallest absolute Gasteiger partial charge is 0.223 e. The van der Waals surface area contributed by atoms with Crippen LogP contribution in [0.1, 0.15) is 26.3 Å². The summed E-state index contributed by atoms with van der Waals surface area (Å²) in [6.45, 7) is 7.42. The Morgan fingerprint density at radius 1 is 1.35 bits per heavy atom. The molecule has 0 saturated carbocycles. The van der Waals surface area contributed by atoms with Crippen LogP contribution in [0.15, 0.2) is 24.3 Å². The van der Waals surface area contributed by atoms with Crippen molar-refractivity contribution in [3.8, 4) is 0 Å². The first-order chi connectivity index (χ1) is 9.02. The van der Waals surface area contributed by atoms with Crippen molar-refractivity contribution in [3.05, 3.63) is 35.6 Å². The van der Waals surface area contributed by atoms with Crippen molar-refractivity contribution >= 4 is 18.3 Å². The molecular weight excluding hydrogens is 279 g/mol. The van der Waals surface area contributed by atoms with Gasteiger partial charge in [-0.25, -0.2) is 4.39 Å². The van der Waals surface area contributed by atoms with E-state index < -0.39 is 0 Å². The number of hydrogen-bond acceptors (Lipinski definition) is 2. The highest BCUT2D eigenvalue weighted by Gasteiger charge is 2.14. The van der Waals surface area contributed by atoms with Crippen molar-refractivity contribution in [2.75, 3.05) is 13.1 Å². The summed E-state index contributed by atoms with van der Waals surface area (Å²) >= 11 is 0. The minimum absolute atomic E-state index is 0. The molecule has 1 aromatic rings. The van der Waals surface area contributed by atoms with Crippen molar-refractivity contribution < 1.29 is 9.18 Å². The number of benzene rings is 1. The molecule has 2 atom stereocenters. The third-order valence-corrected chi connectivity index (χ3v) is 3.01. The third kappa shape index (κ3) is 6.87. The van der Waals surface area contributed by atoms with Crippen LogP contribution in [0, 0.1) is 11.7 Å². The third-order valence-electron chi connectivity index (χ3n) is 3.01. The van der Waals surface area contributed by atoms with E-state index in [9.17, 15) is 9.18 Å². The van der Waals surface area contributed by atoms with Crippen molar-refractivity contribution in [2.45, 2.75) is 33.2 Å². The second-order valence-corrected chi connectivity index (χ2v) is 4.94. The van der Waals surface area contributed by atoms with E-state index in [-0.39, 0.29) is 36.1 Å². The predicted octanol–water partition coefficient (Wildman–Crippen LogP) is 2.54. The van der Waals surface area contributed by atoms with Crippen LogP contribution in [-0.4, -0.2) is 25.0 Å². The fraction of sp³-hybridized carbons (Fsp3) is 0.533. The minimum Gasteiger partial charge on any atom is -0.354 e. The standard InChI is InChI=1S/C15H23FN2O.ClH/c1-4-17-12(3)10-18-15(19)11(2)8-13-6-5-7-14(16)9-13;/h5-7,9,11-12,17H,4,8,10H2,1-3H3,(H,18,19);1H/t11?,12-;/m1./s1. The van der Waals surface area contributed by atoms with Gasteiger partial charge in [-0.05, 0) is 37.6 Å². The molecule has 0 spiro atoms. The Hall–Kier alpha value is -1.13. The van der Waals surface area contributed by atoms with Gasteiger partial charge in [0.05, 0.1) is 0 Å². The molecular formula is C15H24ClFN2O. The van der Waals surface area contributed by atoms with E-state index in [2.05, 4.69) is 10.6 Å². The van der Waals surface area contributed by atoms with Gasteiger partial charge in [-0.2, -0.15) is 0 Å². The van der Waals surface area contributed by atoms with Crippen molar-refractivity contribution in [2.24, 2.45) is 5.92 Å². The maximum atomic E-state index is 13.0. The van der Waals surface area contributed by atoms with Crippen molar-refractivity contribution in [3.63, 3.8) is 0 Å². The molecule has 1 aromatic carbocycles. The van der Waals surface area contributed by atoms with Gasteiger partial charge in [-0.1, -0.05) is 26.0 Å². The highest BCUT2D eigenvalue weighted by atomic mass is 35.5. The molecule has 20 heavy (non-hydrogen) atoms. The van der Waals surface area contributed by atoms with E-state index >= 15 is 0 Å². The lowest BCUT2D eigenvalue weighted by Crippen LogP contribution is -2.41. The van der Waals surface area contributed by atoms with Crippen LogP contribution in [0.2, 0.25) is 0 Å². The predicted molar refractivity (Wildman–Crippen MR) is 82.7 cm³/mol. The Morgan fingerprint density at radius 2 is 2.05 bits per heavy atom. The van der Waals surface area contributed by atoms with E-state index in [1.807, 2.05) is 26.8 Å². The number of nitrogens with one attached hydrogen (secondary N) is 2. The zero-order valence-electron chi connectivity index (χ0n) is 12.3. The van der Waals surface area contributed by atoms with Crippen LogP contribution >= 0.6 is 12.4 Å².